The summed E-state index contributed by atoms with van der Waals surface area (Å²) in [6.07, 6.45) is 8.97. The van der Waals surface area contributed by atoms with E-state index in [4.69, 9.17) is 14.2 Å². The number of hydrogen-bond acceptors (Lipinski definition) is 8. The van der Waals surface area contributed by atoms with Crippen molar-refractivity contribution in [2.24, 2.45) is 11.8 Å². The lowest BCUT2D eigenvalue weighted by atomic mass is 9.84. The van der Waals surface area contributed by atoms with Gasteiger partial charge in [0.2, 0.25) is 0 Å². The van der Waals surface area contributed by atoms with Crippen molar-refractivity contribution in [2.45, 2.75) is 95.6 Å². The minimum atomic E-state index is -1.31. The molecule has 4 rings (SSSR count). The summed E-state index contributed by atoms with van der Waals surface area (Å²) in [6, 6.07) is 11.0. The number of nitrogens with zero attached hydrogens (tertiary/aromatic N) is 1. The molecule has 250 valence electrons. The van der Waals surface area contributed by atoms with E-state index >= 15 is 0 Å². The Morgan fingerprint density at radius 3 is 2.44 bits per heavy atom. The number of alkyl carbamates (subject to hydrolysis) is 1. The average molecular weight is 642 g/mol. The van der Waals surface area contributed by atoms with Crippen molar-refractivity contribution in [3.8, 4) is 0 Å². The van der Waals surface area contributed by atoms with Gasteiger partial charge < -0.3 is 29.7 Å². The first kappa shape index (κ1) is 35.2. The lowest BCUT2D eigenvalue weighted by molar-refractivity contribution is -0.00235. The second kappa shape index (κ2) is 17.3. The second-order valence-corrected chi connectivity index (χ2v) is 19.8. The summed E-state index contributed by atoms with van der Waals surface area (Å²) in [7, 11) is 0.387. The average Bonchev–Trinajstić information content (AvgIpc) is 3.03. The Balaban J connectivity index is 1.45. The van der Waals surface area contributed by atoms with Crippen LogP contribution in [-0.4, -0.2) is 66.8 Å². The van der Waals surface area contributed by atoms with Gasteiger partial charge in [-0.15, -0.1) is 0 Å². The summed E-state index contributed by atoms with van der Waals surface area (Å²) < 4.78 is 17.1. The van der Waals surface area contributed by atoms with Crippen molar-refractivity contribution in [1.29, 1.82) is 0 Å². The number of carbonyl (C=O) groups is 1. The van der Waals surface area contributed by atoms with Crippen molar-refractivity contribution >= 4 is 25.5 Å². The largest absolute Gasteiger partial charge is 0.450 e. The van der Waals surface area contributed by atoms with E-state index in [0.717, 1.165) is 56.7 Å². The summed E-state index contributed by atoms with van der Waals surface area (Å²) in [6.45, 7) is 10.1. The summed E-state index contributed by atoms with van der Waals surface area (Å²) in [5.41, 5.74) is 1.12. The van der Waals surface area contributed by atoms with E-state index in [9.17, 15) is 14.4 Å². The van der Waals surface area contributed by atoms with Crippen LogP contribution in [0, 0.1) is 11.8 Å². The summed E-state index contributed by atoms with van der Waals surface area (Å²) in [4.78, 5) is 40.7. The molecule has 9 nitrogen and oxygen atoms in total. The Morgan fingerprint density at radius 1 is 0.978 bits per heavy atom. The van der Waals surface area contributed by atoms with Gasteiger partial charge in [0.1, 0.15) is 11.4 Å². The van der Waals surface area contributed by atoms with E-state index in [2.05, 4.69) is 47.3 Å². The van der Waals surface area contributed by atoms with E-state index in [1.54, 1.807) is 7.11 Å². The first-order chi connectivity index (χ1) is 21.7. The fourth-order valence-corrected chi connectivity index (χ4v) is 7.48. The molecule has 1 heterocycles. The van der Waals surface area contributed by atoms with Crippen molar-refractivity contribution < 1.29 is 19.0 Å². The zero-order valence-electron chi connectivity index (χ0n) is 27.9. The van der Waals surface area contributed by atoms with Crippen molar-refractivity contribution in [3.63, 3.8) is 0 Å². The lowest BCUT2D eigenvalue weighted by Gasteiger charge is -2.39. The molecule has 2 aromatic carbocycles. The van der Waals surface area contributed by atoms with Crippen LogP contribution in [0.1, 0.15) is 69.5 Å². The van der Waals surface area contributed by atoms with Crippen LogP contribution < -0.4 is 26.4 Å². The molecule has 2 N–H and O–H groups in total. The van der Waals surface area contributed by atoms with Gasteiger partial charge in [-0.05, 0) is 43.2 Å². The molecular formula is C35H55N3O6Si. The number of hydrogen-bond donors (Lipinski definition) is 2. The third-order valence-electron chi connectivity index (χ3n) is 9.27. The highest BCUT2D eigenvalue weighted by Crippen LogP contribution is 2.36. The van der Waals surface area contributed by atoms with Crippen molar-refractivity contribution in [3.05, 3.63) is 56.3 Å². The molecule has 1 amide bonds. The zero-order chi connectivity index (χ0) is 32.2. The number of amides is 1. The number of nitrogens with one attached hydrogen (secondary N) is 2. The molecule has 3 atom stereocenters. The highest BCUT2D eigenvalue weighted by molar-refractivity contribution is 6.76. The van der Waals surface area contributed by atoms with E-state index in [1.807, 2.05) is 18.2 Å². The number of carbonyl (C=O) groups excluding carboxylic acids is 1. The number of anilines is 2. The number of methoxy groups -OCH3 is 1. The van der Waals surface area contributed by atoms with E-state index in [0.29, 0.717) is 50.2 Å². The number of rotatable bonds is 17. The van der Waals surface area contributed by atoms with Crippen LogP contribution in [-0.2, 0) is 14.2 Å². The molecule has 0 radical (unpaired) electrons. The SMILES string of the molecule is COCCCO[C@H](c1ccccc1)C1CCCN(c2c(NC(CNC(=O)OCC[Si](C)(C)C)CC3CCCCC3)c(=O)c2=O)C1. The minimum absolute atomic E-state index is 0.107. The molecule has 2 unspecified atom stereocenters. The Hall–Kier alpha value is -2.69. The Kier molecular flexibility index (Phi) is 13.5. The molecule has 2 fully saturated rings. The number of benzene rings is 1. The summed E-state index contributed by atoms with van der Waals surface area (Å²) in [5.74, 6) is 0.698. The van der Waals surface area contributed by atoms with Crippen LogP contribution in [0.2, 0.25) is 25.7 Å². The fraction of sp³-hybridized carbons (Fsp3) is 0.686. The highest BCUT2D eigenvalue weighted by Gasteiger charge is 2.35. The third kappa shape index (κ3) is 10.7. The maximum Gasteiger partial charge on any atom is 0.407 e. The molecule has 1 saturated heterocycles. The molecule has 2 aromatic rings. The Morgan fingerprint density at radius 2 is 1.73 bits per heavy atom. The van der Waals surface area contributed by atoms with Crippen LogP contribution in [0.15, 0.2) is 39.9 Å². The van der Waals surface area contributed by atoms with E-state index in [-0.39, 0.29) is 18.1 Å². The molecule has 45 heavy (non-hydrogen) atoms. The minimum Gasteiger partial charge on any atom is -0.450 e. The molecule has 10 heteroatoms. The normalized spacial score (nSPS) is 19.3. The Bertz CT molecular complexity index is 1250. The van der Waals surface area contributed by atoms with Gasteiger partial charge >= 0.3 is 6.09 Å². The van der Waals surface area contributed by atoms with Gasteiger partial charge in [0.05, 0.1) is 12.7 Å². The summed E-state index contributed by atoms with van der Waals surface area (Å²) >= 11 is 0. The summed E-state index contributed by atoms with van der Waals surface area (Å²) in [5, 5.41) is 6.38. The molecule has 0 aromatic heterocycles. The maximum atomic E-state index is 13.1. The second-order valence-electron chi connectivity index (χ2n) is 14.2. The van der Waals surface area contributed by atoms with Crippen molar-refractivity contribution in [2.75, 3.05) is 56.8 Å². The first-order valence-electron chi connectivity index (χ1n) is 17.1. The Labute approximate surface area is 270 Å². The van der Waals surface area contributed by atoms with Gasteiger partial charge in [-0.2, -0.15) is 0 Å². The molecule has 1 aliphatic carbocycles. The van der Waals surface area contributed by atoms with Gasteiger partial charge in [-0.3, -0.25) is 9.59 Å². The fourth-order valence-electron chi connectivity index (χ4n) is 6.77. The van der Waals surface area contributed by atoms with Crippen LogP contribution >= 0.6 is 0 Å². The van der Waals surface area contributed by atoms with Gasteiger partial charge in [0, 0.05) is 60.0 Å². The molecule has 1 aliphatic heterocycles. The number of ether oxygens (including phenoxy) is 3. The van der Waals surface area contributed by atoms with Crippen LogP contribution in [0.4, 0.5) is 16.2 Å². The van der Waals surface area contributed by atoms with Gasteiger partial charge in [0.15, 0.2) is 0 Å². The highest BCUT2D eigenvalue weighted by atomic mass is 28.3. The first-order valence-corrected chi connectivity index (χ1v) is 20.8. The van der Waals surface area contributed by atoms with E-state index in [1.165, 1.54) is 19.3 Å². The monoisotopic (exact) mass is 641 g/mol. The van der Waals surface area contributed by atoms with Gasteiger partial charge in [0.25, 0.3) is 10.9 Å². The van der Waals surface area contributed by atoms with E-state index < -0.39 is 25.0 Å². The molecule has 0 bridgehead atoms. The molecule has 2 aliphatic rings. The predicted octanol–water partition coefficient (Wildman–Crippen LogP) is 6.11. The molecule has 0 spiro atoms. The maximum absolute atomic E-state index is 13.1. The van der Waals surface area contributed by atoms with Crippen LogP contribution in [0.3, 0.4) is 0 Å². The topological polar surface area (TPSA) is 106 Å². The van der Waals surface area contributed by atoms with Crippen LogP contribution in [0.25, 0.3) is 0 Å². The van der Waals surface area contributed by atoms with Crippen LogP contribution in [0.5, 0.6) is 0 Å². The molecular weight excluding hydrogens is 586 g/mol. The third-order valence-corrected chi connectivity index (χ3v) is 11.0. The smallest absolute Gasteiger partial charge is 0.407 e. The van der Waals surface area contributed by atoms with Gasteiger partial charge in [-0.1, -0.05) is 82.1 Å². The lowest BCUT2D eigenvalue weighted by Crippen LogP contribution is -2.49. The molecule has 1 saturated carbocycles. The standard InChI is InChI=1S/C35H55N3O6Si/c1-42-19-12-20-43-34(27-15-9-6-10-16-27)28-17-11-18-38(25-28)31-30(32(39)33(31)40)37-29(23-26-13-7-5-8-14-26)24-36-35(41)44-21-22-45(2,3)4/h6,9-10,15-16,26,28-29,34,37H,5,7-8,11-14,17-25H2,1-4H3,(H,36,41)/t28?,29?,34-/m1/s1. The zero-order valence-corrected chi connectivity index (χ0v) is 28.9. The number of piperidine rings is 1. The predicted molar refractivity (Wildman–Crippen MR) is 184 cm³/mol. The van der Waals surface area contributed by atoms with Gasteiger partial charge in [-0.25, -0.2) is 4.79 Å². The van der Waals surface area contributed by atoms with Crippen molar-refractivity contribution in [1.82, 2.24) is 5.32 Å². The quantitative estimate of drug-likeness (QED) is 0.121.